The van der Waals surface area contributed by atoms with Crippen LogP contribution in [0.1, 0.15) is 11.4 Å². The summed E-state index contributed by atoms with van der Waals surface area (Å²) < 4.78 is 2.00. The number of nitrogens with zero attached hydrogens (tertiary/aromatic N) is 2. The molecule has 4 heteroatoms. The fourth-order valence-corrected chi connectivity index (χ4v) is 2.34. The molecule has 0 aliphatic rings. The van der Waals surface area contributed by atoms with E-state index in [1.54, 1.807) is 6.20 Å². The van der Waals surface area contributed by atoms with Gasteiger partial charge in [0.25, 0.3) is 0 Å². The third-order valence-corrected chi connectivity index (χ3v) is 3.46. The lowest BCUT2D eigenvalue weighted by Crippen LogP contribution is -2.14. The molecule has 1 amide bonds. The number of carbonyl (C=O) groups is 1. The number of hydrogen-bond acceptors (Lipinski definition) is 2. The van der Waals surface area contributed by atoms with Gasteiger partial charge in [0.1, 0.15) is 5.82 Å². The average molecular weight is 291 g/mol. The van der Waals surface area contributed by atoms with Crippen molar-refractivity contribution in [2.75, 3.05) is 5.32 Å². The van der Waals surface area contributed by atoms with Gasteiger partial charge in [-0.3, -0.25) is 4.79 Å². The number of hydrogen-bond donors (Lipinski definition) is 1. The van der Waals surface area contributed by atoms with E-state index in [1.165, 1.54) is 0 Å². The smallest absolute Gasteiger partial charge is 0.228 e. The number of imidazole rings is 1. The van der Waals surface area contributed by atoms with Crippen LogP contribution in [0.15, 0.2) is 67.0 Å². The Hall–Kier alpha value is -2.88. The third kappa shape index (κ3) is 3.23. The second kappa shape index (κ2) is 6.26. The lowest BCUT2D eigenvalue weighted by Gasteiger charge is -2.08. The molecule has 0 fully saturated rings. The fourth-order valence-electron chi connectivity index (χ4n) is 2.34. The van der Waals surface area contributed by atoms with Crippen LogP contribution in [0.4, 0.5) is 5.69 Å². The molecule has 0 aliphatic carbocycles. The van der Waals surface area contributed by atoms with Gasteiger partial charge in [-0.25, -0.2) is 4.98 Å². The molecule has 0 spiro atoms. The SMILES string of the molecule is Cc1nccn1-c1ccc(NC(=O)Cc2ccccc2)cc1. The van der Waals surface area contributed by atoms with Gasteiger partial charge in [0.05, 0.1) is 6.42 Å². The Morgan fingerprint density at radius 3 is 2.45 bits per heavy atom. The van der Waals surface area contributed by atoms with E-state index in [9.17, 15) is 4.79 Å². The zero-order valence-electron chi connectivity index (χ0n) is 12.4. The van der Waals surface area contributed by atoms with Gasteiger partial charge in [-0.2, -0.15) is 0 Å². The van der Waals surface area contributed by atoms with Gasteiger partial charge in [-0.05, 0) is 36.8 Å². The largest absolute Gasteiger partial charge is 0.326 e. The van der Waals surface area contributed by atoms with Crippen molar-refractivity contribution in [1.29, 1.82) is 0 Å². The Morgan fingerprint density at radius 2 is 1.82 bits per heavy atom. The van der Waals surface area contributed by atoms with Gasteiger partial charge >= 0.3 is 0 Å². The van der Waals surface area contributed by atoms with Crippen molar-refractivity contribution < 1.29 is 4.79 Å². The van der Waals surface area contributed by atoms with Crippen molar-refractivity contribution >= 4 is 11.6 Å². The van der Waals surface area contributed by atoms with Crippen LogP contribution in [-0.2, 0) is 11.2 Å². The van der Waals surface area contributed by atoms with Crippen molar-refractivity contribution in [3.05, 3.63) is 78.4 Å². The van der Waals surface area contributed by atoms with Crippen LogP contribution in [0, 0.1) is 6.92 Å². The molecular weight excluding hydrogens is 274 g/mol. The first-order valence-electron chi connectivity index (χ1n) is 7.16. The molecule has 2 aromatic carbocycles. The van der Waals surface area contributed by atoms with E-state index in [0.29, 0.717) is 6.42 Å². The highest BCUT2D eigenvalue weighted by Gasteiger charge is 2.05. The van der Waals surface area contributed by atoms with Crippen LogP contribution in [-0.4, -0.2) is 15.5 Å². The summed E-state index contributed by atoms with van der Waals surface area (Å²) in [4.78, 5) is 16.2. The average Bonchev–Trinajstić information content (AvgIpc) is 2.95. The zero-order valence-corrected chi connectivity index (χ0v) is 12.4. The number of benzene rings is 2. The number of amides is 1. The van der Waals surface area contributed by atoms with Gasteiger partial charge in [-0.1, -0.05) is 30.3 Å². The topological polar surface area (TPSA) is 46.9 Å². The Kier molecular flexibility index (Phi) is 4.01. The van der Waals surface area contributed by atoms with Crippen LogP contribution >= 0.6 is 0 Å². The van der Waals surface area contributed by atoms with Gasteiger partial charge in [-0.15, -0.1) is 0 Å². The molecule has 0 atom stereocenters. The maximum Gasteiger partial charge on any atom is 0.228 e. The molecule has 1 heterocycles. The van der Waals surface area contributed by atoms with E-state index in [-0.39, 0.29) is 5.91 Å². The summed E-state index contributed by atoms with van der Waals surface area (Å²) in [5.74, 6) is 0.915. The van der Waals surface area contributed by atoms with Gasteiger partial charge in [0.15, 0.2) is 0 Å². The van der Waals surface area contributed by atoms with Crippen LogP contribution in [0.5, 0.6) is 0 Å². The summed E-state index contributed by atoms with van der Waals surface area (Å²) >= 11 is 0. The normalized spacial score (nSPS) is 10.4. The highest BCUT2D eigenvalue weighted by Crippen LogP contribution is 2.15. The zero-order chi connectivity index (χ0) is 15.4. The van der Waals surface area contributed by atoms with Crippen molar-refractivity contribution in [2.24, 2.45) is 0 Å². The van der Waals surface area contributed by atoms with Crippen molar-refractivity contribution in [3.63, 3.8) is 0 Å². The standard InChI is InChI=1S/C18H17N3O/c1-14-19-11-12-21(14)17-9-7-16(8-10-17)20-18(22)13-15-5-3-2-4-6-15/h2-12H,13H2,1H3,(H,20,22). The fraction of sp³-hybridized carbons (Fsp3) is 0.111. The lowest BCUT2D eigenvalue weighted by atomic mass is 10.1. The van der Waals surface area contributed by atoms with E-state index in [4.69, 9.17) is 0 Å². The molecule has 0 bridgehead atoms. The van der Waals surface area contributed by atoms with Gasteiger partial charge < -0.3 is 9.88 Å². The Balaban J connectivity index is 1.66. The minimum Gasteiger partial charge on any atom is -0.326 e. The number of carbonyl (C=O) groups excluding carboxylic acids is 1. The van der Waals surface area contributed by atoms with Crippen molar-refractivity contribution in [2.45, 2.75) is 13.3 Å². The predicted molar refractivity (Wildman–Crippen MR) is 87.1 cm³/mol. The number of aryl methyl sites for hydroxylation is 1. The summed E-state index contributed by atoms with van der Waals surface area (Å²) in [5, 5.41) is 2.91. The Morgan fingerprint density at radius 1 is 1.09 bits per heavy atom. The first-order chi connectivity index (χ1) is 10.7. The first-order valence-corrected chi connectivity index (χ1v) is 7.16. The first kappa shape index (κ1) is 14.1. The summed E-state index contributed by atoms with van der Waals surface area (Å²) in [6.07, 6.45) is 4.06. The van der Waals surface area contributed by atoms with E-state index in [2.05, 4.69) is 10.3 Å². The maximum absolute atomic E-state index is 12.0. The molecule has 0 saturated carbocycles. The number of nitrogens with one attached hydrogen (secondary N) is 1. The highest BCUT2D eigenvalue weighted by molar-refractivity contribution is 5.92. The number of rotatable bonds is 4. The van der Waals surface area contributed by atoms with Crippen LogP contribution in [0.3, 0.4) is 0 Å². The monoisotopic (exact) mass is 291 g/mol. The molecule has 3 aromatic rings. The van der Waals surface area contributed by atoms with Crippen LogP contribution < -0.4 is 5.32 Å². The second-order valence-corrected chi connectivity index (χ2v) is 5.10. The quantitative estimate of drug-likeness (QED) is 0.801. The number of anilines is 1. The van der Waals surface area contributed by atoms with E-state index >= 15 is 0 Å². The van der Waals surface area contributed by atoms with Gasteiger partial charge in [0.2, 0.25) is 5.91 Å². The van der Waals surface area contributed by atoms with Crippen LogP contribution in [0.25, 0.3) is 5.69 Å². The Labute approximate surface area is 129 Å². The molecule has 0 aliphatic heterocycles. The van der Waals surface area contributed by atoms with E-state index < -0.39 is 0 Å². The van der Waals surface area contributed by atoms with E-state index in [0.717, 1.165) is 22.8 Å². The summed E-state index contributed by atoms with van der Waals surface area (Å²) in [7, 11) is 0. The molecule has 0 saturated heterocycles. The summed E-state index contributed by atoms with van der Waals surface area (Å²) in [6, 6.07) is 17.4. The minimum atomic E-state index is -0.0160. The molecular formula is C18H17N3O. The van der Waals surface area contributed by atoms with E-state index in [1.807, 2.05) is 72.3 Å². The van der Waals surface area contributed by atoms with Crippen molar-refractivity contribution in [3.8, 4) is 5.69 Å². The minimum absolute atomic E-state index is 0.0160. The molecule has 1 N–H and O–H groups in total. The van der Waals surface area contributed by atoms with Crippen molar-refractivity contribution in [1.82, 2.24) is 9.55 Å². The highest BCUT2D eigenvalue weighted by atomic mass is 16.1. The second-order valence-electron chi connectivity index (χ2n) is 5.10. The summed E-state index contributed by atoms with van der Waals surface area (Å²) in [6.45, 7) is 1.95. The number of aromatic nitrogens is 2. The van der Waals surface area contributed by atoms with Gasteiger partial charge in [0, 0.05) is 23.8 Å². The molecule has 22 heavy (non-hydrogen) atoms. The Bertz CT molecular complexity index is 761. The summed E-state index contributed by atoms with van der Waals surface area (Å²) in [5.41, 5.74) is 2.82. The maximum atomic E-state index is 12.0. The molecule has 0 radical (unpaired) electrons. The third-order valence-electron chi connectivity index (χ3n) is 3.46. The molecule has 4 nitrogen and oxygen atoms in total. The molecule has 1 aromatic heterocycles. The molecule has 3 rings (SSSR count). The molecule has 110 valence electrons. The lowest BCUT2D eigenvalue weighted by molar-refractivity contribution is -0.115. The molecule has 0 unspecified atom stereocenters. The van der Waals surface area contributed by atoms with Crippen LogP contribution in [0.2, 0.25) is 0 Å². The predicted octanol–water partition coefficient (Wildman–Crippen LogP) is 3.36.